The van der Waals surface area contributed by atoms with Crippen LogP contribution in [0.3, 0.4) is 0 Å². The molecule has 8 heteroatoms. The molecule has 136 valence electrons. The lowest BCUT2D eigenvalue weighted by molar-refractivity contribution is -0.129. The predicted molar refractivity (Wildman–Crippen MR) is 108 cm³/mol. The van der Waals surface area contributed by atoms with E-state index in [4.69, 9.17) is 46.4 Å². The van der Waals surface area contributed by atoms with Gasteiger partial charge < -0.3 is 10.2 Å². The van der Waals surface area contributed by atoms with Crippen molar-refractivity contribution in [3.8, 4) is 0 Å². The number of benzene rings is 2. The second-order valence-corrected chi connectivity index (χ2v) is 6.92. The average Bonchev–Trinajstić information content (AvgIpc) is 2.59. The smallest absolute Gasteiger partial charge is 0.246 e. The Bertz CT molecular complexity index is 848. The van der Waals surface area contributed by atoms with E-state index in [1.54, 1.807) is 36.4 Å². The molecule has 1 N–H and O–H groups in total. The number of rotatable bonds is 5. The van der Waals surface area contributed by atoms with Crippen LogP contribution >= 0.6 is 46.4 Å². The van der Waals surface area contributed by atoms with Gasteiger partial charge in [0.1, 0.15) is 0 Å². The van der Waals surface area contributed by atoms with E-state index in [2.05, 4.69) is 5.32 Å². The van der Waals surface area contributed by atoms with Crippen LogP contribution in [-0.2, 0) is 9.59 Å². The molecule has 0 heterocycles. The first-order valence-electron chi connectivity index (χ1n) is 7.40. The molecule has 0 aliphatic carbocycles. The Balaban J connectivity index is 1.99. The van der Waals surface area contributed by atoms with Crippen LogP contribution in [0.2, 0.25) is 20.1 Å². The molecule has 0 saturated carbocycles. The fourth-order valence-electron chi connectivity index (χ4n) is 2.03. The first kappa shape index (κ1) is 20.6. The summed E-state index contributed by atoms with van der Waals surface area (Å²) in [6, 6.07) is 9.98. The van der Waals surface area contributed by atoms with Gasteiger partial charge in [0.15, 0.2) is 0 Å². The van der Waals surface area contributed by atoms with Crippen LogP contribution in [0.25, 0.3) is 6.08 Å². The normalized spacial score (nSPS) is 10.8. The SMILES string of the molecule is CN(CC(=O)Nc1c(Cl)cccc1Cl)C(=O)/C=C/c1cccc(Cl)c1Cl. The third-order valence-electron chi connectivity index (χ3n) is 3.37. The number of para-hydroxylation sites is 1. The number of halogens is 4. The lowest BCUT2D eigenvalue weighted by atomic mass is 10.2. The minimum Gasteiger partial charge on any atom is -0.333 e. The van der Waals surface area contributed by atoms with Gasteiger partial charge >= 0.3 is 0 Å². The number of likely N-dealkylation sites (N-methyl/N-ethyl adjacent to an activating group) is 1. The summed E-state index contributed by atoms with van der Waals surface area (Å²) in [5.74, 6) is -0.800. The van der Waals surface area contributed by atoms with E-state index in [1.807, 2.05) is 0 Å². The third kappa shape index (κ3) is 5.39. The molecular formula is C18H14Cl4N2O2. The maximum Gasteiger partial charge on any atom is 0.246 e. The van der Waals surface area contributed by atoms with Crippen LogP contribution in [0.5, 0.6) is 0 Å². The fourth-order valence-corrected chi connectivity index (χ4v) is 2.89. The molecule has 4 nitrogen and oxygen atoms in total. The van der Waals surface area contributed by atoms with Gasteiger partial charge in [-0.2, -0.15) is 0 Å². The summed E-state index contributed by atoms with van der Waals surface area (Å²) in [5.41, 5.74) is 0.913. The summed E-state index contributed by atoms with van der Waals surface area (Å²) < 4.78 is 0. The summed E-state index contributed by atoms with van der Waals surface area (Å²) in [5, 5.41) is 3.97. The van der Waals surface area contributed by atoms with Gasteiger partial charge in [0.05, 0.1) is 32.3 Å². The molecule has 2 rings (SSSR count). The third-order valence-corrected chi connectivity index (χ3v) is 4.83. The van der Waals surface area contributed by atoms with Gasteiger partial charge in [-0.25, -0.2) is 0 Å². The van der Waals surface area contributed by atoms with E-state index in [0.29, 0.717) is 31.3 Å². The number of anilines is 1. The van der Waals surface area contributed by atoms with E-state index in [9.17, 15) is 9.59 Å². The molecule has 26 heavy (non-hydrogen) atoms. The highest BCUT2D eigenvalue weighted by Gasteiger charge is 2.14. The van der Waals surface area contributed by atoms with Gasteiger partial charge in [-0.3, -0.25) is 9.59 Å². The molecule has 0 aliphatic rings. The first-order valence-corrected chi connectivity index (χ1v) is 8.92. The Morgan fingerprint density at radius 3 is 2.23 bits per heavy atom. The molecule has 2 amide bonds. The highest BCUT2D eigenvalue weighted by atomic mass is 35.5. The number of nitrogens with zero attached hydrogens (tertiary/aromatic N) is 1. The van der Waals surface area contributed by atoms with Crippen LogP contribution < -0.4 is 5.32 Å². The Morgan fingerprint density at radius 1 is 1.00 bits per heavy atom. The molecule has 0 unspecified atom stereocenters. The minimum absolute atomic E-state index is 0.173. The zero-order chi connectivity index (χ0) is 19.3. The quantitative estimate of drug-likeness (QED) is 0.643. The molecule has 2 aromatic rings. The van der Waals surface area contributed by atoms with Crippen molar-refractivity contribution < 1.29 is 9.59 Å². The molecule has 0 saturated heterocycles. The molecule has 0 bridgehead atoms. The number of carbonyl (C=O) groups excluding carboxylic acids is 2. The molecule has 0 radical (unpaired) electrons. The van der Waals surface area contributed by atoms with E-state index in [0.717, 1.165) is 0 Å². The average molecular weight is 432 g/mol. The van der Waals surface area contributed by atoms with Gasteiger partial charge in [-0.05, 0) is 29.8 Å². The van der Waals surface area contributed by atoms with Crippen molar-refractivity contribution in [1.82, 2.24) is 4.90 Å². The summed E-state index contributed by atoms with van der Waals surface area (Å²) in [7, 11) is 1.50. The summed E-state index contributed by atoms with van der Waals surface area (Å²) in [4.78, 5) is 25.5. The van der Waals surface area contributed by atoms with Crippen molar-refractivity contribution in [2.24, 2.45) is 0 Å². The van der Waals surface area contributed by atoms with Crippen LogP contribution in [0.4, 0.5) is 5.69 Å². The highest BCUT2D eigenvalue weighted by Crippen LogP contribution is 2.29. The number of carbonyl (C=O) groups is 2. The Hall–Kier alpha value is -1.72. The highest BCUT2D eigenvalue weighted by molar-refractivity contribution is 6.43. The van der Waals surface area contributed by atoms with E-state index in [-0.39, 0.29) is 12.5 Å². The zero-order valence-electron chi connectivity index (χ0n) is 13.6. The van der Waals surface area contributed by atoms with Crippen molar-refractivity contribution in [1.29, 1.82) is 0 Å². The van der Waals surface area contributed by atoms with Crippen LogP contribution in [0, 0.1) is 0 Å². The van der Waals surface area contributed by atoms with Gasteiger partial charge in [-0.15, -0.1) is 0 Å². The van der Waals surface area contributed by atoms with Gasteiger partial charge in [0.25, 0.3) is 0 Å². The van der Waals surface area contributed by atoms with Crippen molar-refractivity contribution in [2.45, 2.75) is 0 Å². The minimum atomic E-state index is -0.426. The monoisotopic (exact) mass is 430 g/mol. The van der Waals surface area contributed by atoms with Crippen molar-refractivity contribution >= 4 is 70.0 Å². The zero-order valence-corrected chi connectivity index (χ0v) is 16.6. The predicted octanol–water partition coefficient (Wildman–Crippen LogP) is 5.41. The van der Waals surface area contributed by atoms with Crippen LogP contribution in [0.15, 0.2) is 42.5 Å². The number of amides is 2. The Morgan fingerprint density at radius 2 is 1.58 bits per heavy atom. The second kappa shape index (κ2) is 9.28. The van der Waals surface area contributed by atoms with Gasteiger partial charge in [-0.1, -0.05) is 64.6 Å². The van der Waals surface area contributed by atoms with E-state index in [1.165, 1.54) is 24.1 Å². The largest absolute Gasteiger partial charge is 0.333 e. The lowest BCUT2D eigenvalue weighted by Crippen LogP contribution is -2.34. The van der Waals surface area contributed by atoms with Gasteiger partial charge in [0.2, 0.25) is 11.8 Å². The second-order valence-electron chi connectivity index (χ2n) is 5.32. The number of hydrogen-bond acceptors (Lipinski definition) is 2. The molecule has 0 spiro atoms. The topological polar surface area (TPSA) is 49.4 Å². The van der Waals surface area contributed by atoms with Crippen molar-refractivity contribution in [3.63, 3.8) is 0 Å². The molecular weight excluding hydrogens is 418 g/mol. The summed E-state index contributed by atoms with van der Waals surface area (Å²) in [6.07, 6.45) is 2.85. The molecule has 0 aliphatic heterocycles. The van der Waals surface area contributed by atoms with Crippen molar-refractivity contribution in [3.05, 3.63) is 68.1 Å². The molecule has 0 atom stereocenters. The fraction of sp³-hybridized carbons (Fsp3) is 0.111. The van der Waals surface area contributed by atoms with E-state index >= 15 is 0 Å². The van der Waals surface area contributed by atoms with Crippen molar-refractivity contribution in [2.75, 3.05) is 18.9 Å². The summed E-state index contributed by atoms with van der Waals surface area (Å²) in [6.45, 7) is -0.173. The van der Waals surface area contributed by atoms with Gasteiger partial charge in [0, 0.05) is 13.1 Å². The Labute approximate surface area is 171 Å². The standard InChI is InChI=1S/C18H14Cl4N2O2/c1-24(10-15(25)23-18-13(20)6-3-7-14(18)21)16(26)9-8-11-4-2-5-12(19)17(11)22/h2-9H,10H2,1H3,(H,23,25)/b9-8+. The Kier molecular flexibility index (Phi) is 7.35. The molecule has 2 aromatic carbocycles. The first-order chi connectivity index (χ1) is 12.3. The number of nitrogens with one attached hydrogen (secondary N) is 1. The molecule has 0 fully saturated rings. The number of hydrogen-bond donors (Lipinski definition) is 1. The maximum atomic E-state index is 12.2. The lowest BCUT2D eigenvalue weighted by Gasteiger charge is -2.16. The maximum absolute atomic E-state index is 12.2. The van der Waals surface area contributed by atoms with E-state index < -0.39 is 5.91 Å². The summed E-state index contributed by atoms with van der Waals surface area (Å²) >= 11 is 24.0. The molecule has 0 aromatic heterocycles. The van der Waals surface area contributed by atoms with Crippen LogP contribution in [0.1, 0.15) is 5.56 Å². The van der Waals surface area contributed by atoms with Crippen LogP contribution in [-0.4, -0.2) is 30.3 Å².